The van der Waals surface area contributed by atoms with Crippen LogP contribution in [0.25, 0.3) is 0 Å². The van der Waals surface area contributed by atoms with Gasteiger partial charge in [0.05, 0.1) is 6.61 Å². The van der Waals surface area contributed by atoms with Crippen molar-refractivity contribution in [1.29, 1.82) is 0 Å². The fraction of sp³-hybridized carbons (Fsp3) is 0.381. The molecular weight excluding hydrogens is 298 g/mol. The first kappa shape index (κ1) is 18.2. The van der Waals surface area contributed by atoms with Gasteiger partial charge in [0, 0.05) is 19.6 Å². The SMILES string of the molecule is Cc1ccc(CNC(=O)CCCOCCc2ccccc2)c(C)c1. The minimum absolute atomic E-state index is 0.0848. The first-order valence-corrected chi connectivity index (χ1v) is 8.59. The van der Waals surface area contributed by atoms with Crippen molar-refractivity contribution in [3.63, 3.8) is 0 Å². The van der Waals surface area contributed by atoms with E-state index < -0.39 is 0 Å². The lowest BCUT2D eigenvalue weighted by molar-refractivity contribution is -0.121. The number of carbonyl (C=O) groups excluding carboxylic acids is 1. The maximum Gasteiger partial charge on any atom is 0.220 e. The molecule has 0 spiro atoms. The van der Waals surface area contributed by atoms with Gasteiger partial charge in [-0.05, 0) is 43.4 Å². The van der Waals surface area contributed by atoms with Crippen molar-refractivity contribution in [2.75, 3.05) is 13.2 Å². The third-order valence-corrected chi connectivity index (χ3v) is 4.04. The van der Waals surface area contributed by atoms with E-state index >= 15 is 0 Å². The van der Waals surface area contributed by atoms with Crippen LogP contribution in [0.5, 0.6) is 0 Å². The van der Waals surface area contributed by atoms with Crippen LogP contribution in [0.1, 0.15) is 35.1 Å². The van der Waals surface area contributed by atoms with E-state index in [1.807, 2.05) is 18.2 Å². The number of hydrogen-bond donors (Lipinski definition) is 1. The lowest BCUT2D eigenvalue weighted by Crippen LogP contribution is -2.23. The van der Waals surface area contributed by atoms with Crippen LogP contribution in [0.3, 0.4) is 0 Å². The molecule has 1 N–H and O–H groups in total. The monoisotopic (exact) mass is 325 g/mol. The maximum absolute atomic E-state index is 11.9. The average molecular weight is 325 g/mol. The van der Waals surface area contributed by atoms with Gasteiger partial charge in [0.25, 0.3) is 0 Å². The van der Waals surface area contributed by atoms with E-state index in [2.05, 4.69) is 49.5 Å². The number of aryl methyl sites for hydroxylation is 2. The molecule has 0 saturated carbocycles. The van der Waals surface area contributed by atoms with E-state index in [0.717, 1.165) is 12.8 Å². The van der Waals surface area contributed by atoms with Gasteiger partial charge < -0.3 is 10.1 Å². The first-order chi connectivity index (χ1) is 11.6. The summed E-state index contributed by atoms with van der Waals surface area (Å²) >= 11 is 0. The topological polar surface area (TPSA) is 38.3 Å². The van der Waals surface area contributed by atoms with E-state index in [-0.39, 0.29) is 5.91 Å². The summed E-state index contributed by atoms with van der Waals surface area (Å²) in [6, 6.07) is 16.6. The highest BCUT2D eigenvalue weighted by Gasteiger charge is 2.03. The molecule has 2 aromatic carbocycles. The normalized spacial score (nSPS) is 10.6. The van der Waals surface area contributed by atoms with Crippen LogP contribution >= 0.6 is 0 Å². The van der Waals surface area contributed by atoms with E-state index in [4.69, 9.17) is 4.74 Å². The van der Waals surface area contributed by atoms with Gasteiger partial charge >= 0.3 is 0 Å². The molecule has 2 rings (SSSR count). The Bertz CT molecular complexity index is 638. The highest BCUT2D eigenvalue weighted by molar-refractivity contribution is 5.75. The molecule has 1 amide bonds. The molecule has 0 fully saturated rings. The molecule has 0 saturated heterocycles. The average Bonchev–Trinajstić information content (AvgIpc) is 2.58. The number of amides is 1. The second-order valence-electron chi connectivity index (χ2n) is 6.16. The van der Waals surface area contributed by atoms with Crippen LogP contribution in [0.2, 0.25) is 0 Å². The summed E-state index contributed by atoms with van der Waals surface area (Å²) in [6.07, 6.45) is 2.18. The number of hydrogen-bond acceptors (Lipinski definition) is 2. The predicted octanol–water partition coefficient (Wildman–Crippen LogP) is 3.96. The fourth-order valence-electron chi connectivity index (χ4n) is 2.60. The van der Waals surface area contributed by atoms with Crippen molar-refractivity contribution >= 4 is 5.91 Å². The van der Waals surface area contributed by atoms with Crippen LogP contribution in [0.4, 0.5) is 0 Å². The molecule has 128 valence electrons. The highest BCUT2D eigenvalue weighted by atomic mass is 16.5. The zero-order valence-corrected chi connectivity index (χ0v) is 14.7. The Morgan fingerprint density at radius 2 is 1.83 bits per heavy atom. The second-order valence-corrected chi connectivity index (χ2v) is 6.16. The van der Waals surface area contributed by atoms with Crippen molar-refractivity contribution in [3.8, 4) is 0 Å². The van der Waals surface area contributed by atoms with Crippen molar-refractivity contribution in [1.82, 2.24) is 5.32 Å². The van der Waals surface area contributed by atoms with E-state index in [9.17, 15) is 4.79 Å². The Balaban J connectivity index is 1.55. The summed E-state index contributed by atoms with van der Waals surface area (Å²) in [7, 11) is 0. The van der Waals surface area contributed by atoms with Crippen LogP contribution in [0, 0.1) is 13.8 Å². The number of nitrogens with one attached hydrogen (secondary N) is 1. The van der Waals surface area contributed by atoms with Crippen LogP contribution in [-0.2, 0) is 22.5 Å². The summed E-state index contributed by atoms with van der Waals surface area (Å²) in [5, 5.41) is 2.98. The molecule has 0 bridgehead atoms. The minimum atomic E-state index is 0.0848. The van der Waals surface area contributed by atoms with Crippen molar-refractivity contribution in [3.05, 3.63) is 70.8 Å². The highest BCUT2D eigenvalue weighted by Crippen LogP contribution is 2.10. The number of ether oxygens (including phenoxy) is 1. The van der Waals surface area contributed by atoms with Crippen molar-refractivity contribution < 1.29 is 9.53 Å². The molecular formula is C21H27NO2. The van der Waals surface area contributed by atoms with Crippen LogP contribution < -0.4 is 5.32 Å². The van der Waals surface area contributed by atoms with Crippen molar-refractivity contribution in [2.45, 2.75) is 39.7 Å². The standard InChI is InChI=1S/C21H27NO2/c1-17-10-11-20(18(2)15-17)16-22-21(23)9-6-13-24-14-12-19-7-4-3-5-8-19/h3-5,7-8,10-11,15H,6,9,12-14,16H2,1-2H3,(H,22,23). The van der Waals surface area contributed by atoms with Gasteiger partial charge in [0.2, 0.25) is 5.91 Å². The molecule has 3 heteroatoms. The van der Waals surface area contributed by atoms with E-state index in [1.54, 1.807) is 0 Å². The molecule has 0 atom stereocenters. The molecule has 2 aromatic rings. The molecule has 3 nitrogen and oxygen atoms in total. The minimum Gasteiger partial charge on any atom is -0.381 e. The molecule has 0 unspecified atom stereocenters. The summed E-state index contributed by atoms with van der Waals surface area (Å²) in [4.78, 5) is 11.9. The van der Waals surface area contributed by atoms with Gasteiger partial charge in [-0.2, -0.15) is 0 Å². The Morgan fingerprint density at radius 3 is 2.58 bits per heavy atom. The summed E-state index contributed by atoms with van der Waals surface area (Å²) in [5.41, 5.74) is 4.92. The first-order valence-electron chi connectivity index (χ1n) is 8.59. The molecule has 24 heavy (non-hydrogen) atoms. The smallest absolute Gasteiger partial charge is 0.220 e. The lowest BCUT2D eigenvalue weighted by atomic mass is 10.1. The third-order valence-electron chi connectivity index (χ3n) is 4.04. The third kappa shape index (κ3) is 6.55. The predicted molar refractivity (Wildman–Crippen MR) is 98.0 cm³/mol. The fourth-order valence-corrected chi connectivity index (χ4v) is 2.60. The van der Waals surface area contributed by atoms with Gasteiger partial charge in [-0.3, -0.25) is 4.79 Å². The zero-order valence-electron chi connectivity index (χ0n) is 14.7. The van der Waals surface area contributed by atoms with Crippen LogP contribution in [0.15, 0.2) is 48.5 Å². The summed E-state index contributed by atoms with van der Waals surface area (Å²) in [6.45, 7) is 6.08. The molecule has 0 aliphatic heterocycles. The lowest BCUT2D eigenvalue weighted by Gasteiger charge is -2.09. The Labute approximate surface area is 145 Å². The number of benzene rings is 2. The maximum atomic E-state index is 11.9. The van der Waals surface area contributed by atoms with Gasteiger partial charge in [0.1, 0.15) is 0 Å². The molecule has 0 radical (unpaired) electrons. The van der Waals surface area contributed by atoms with E-state index in [0.29, 0.717) is 26.2 Å². The van der Waals surface area contributed by atoms with Gasteiger partial charge in [-0.1, -0.05) is 54.1 Å². The van der Waals surface area contributed by atoms with Gasteiger partial charge in [-0.25, -0.2) is 0 Å². The van der Waals surface area contributed by atoms with Crippen LogP contribution in [-0.4, -0.2) is 19.1 Å². The summed E-state index contributed by atoms with van der Waals surface area (Å²) in [5.74, 6) is 0.0848. The number of carbonyl (C=O) groups is 1. The number of rotatable bonds is 9. The summed E-state index contributed by atoms with van der Waals surface area (Å²) < 4.78 is 5.60. The van der Waals surface area contributed by atoms with Gasteiger partial charge in [-0.15, -0.1) is 0 Å². The quantitative estimate of drug-likeness (QED) is 0.709. The largest absolute Gasteiger partial charge is 0.381 e. The Morgan fingerprint density at radius 1 is 1.04 bits per heavy atom. The zero-order chi connectivity index (χ0) is 17.2. The molecule has 0 aliphatic rings. The Kier molecular flexibility index (Phi) is 7.50. The second kappa shape index (κ2) is 9.89. The van der Waals surface area contributed by atoms with Gasteiger partial charge in [0.15, 0.2) is 0 Å². The van der Waals surface area contributed by atoms with Crippen molar-refractivity contribution in [2.24, 2.45) is 0 Å². The van der Waals surface area contributed by atoms with E-state index in [1.165, 1.54) is 22.3 Å². The molecule has 0 aromatic heterocycles. The Hall–Kier alpha value is -2.13. The molecule has 0 heterocycles. The molecule has 0 aliphatic carbocycles.